The molecule has 17 heteroatoms. The van der Waals surface area contributed by atoms with Gasteiger partial charge in [0.15, 0.2) is 11.7 Å². The van der Waals surface area contributed by atoms with E-state index in [4.69, 9.17) is 23.5 Å². The zero-order chi connectivity index (χ0) is 35.5. The van der Waals surface area contributed by atoms with Gasteiger partial charge in [0.05, 0.1) is 37.8 Å². The zero-order valence-electron chi connectivity index (χ0n) is 27.9. The van der Waals surface area contributed by atoms with Gasteiger partial charge in [0, 0.05) is 31.6 Å². The largest absolute Gasteiger partial charge is 0.458 e. The summed E-state index contributed by atoms with van der Waals surface area (Å²) in [5.74, 6) is -3.15. The summed E-state index contributed by atoms with van der Waals surface area (Å²) in [5, 5.41) is 24.5. The van der Waals surface area contributed by atoms with E-state index in [0.29, 0.717) is 16.7 Å². The van der Waals surface area contributed by atoms with E-state index in [1.54, 1.807) is 31.2 Å². The van der Waals surface area contributed by atoms with Crippen LogP contribution in [0.2, 0.25) is 0 Å². The Morgan fingerprint density at radius 3 is 2.08 bits per heavy atom. The van der Waals surface area contributed by atoms with Crippen LogP contribution in [-0.2, 0) is 33.1 Å². The maximum Gasteiger partial charge on any atom is 0.338 e. The number of hydrogen-bond donors (Lipinski definition) is 2. The van der Waals surface area contributed by atoms with Crippen LogP contribution in [0, 0.1) is 22.7 Å². The van der Waals surface area contributed by atoms with Crippen LogP contribution < -0.4 is 0 Å². The molecule has 5 rings (SSSR count). The molecule has 1 aliphatic heterocycles. The van der Waals surface area contributed by atoms with E-state index in [1.807, 2.05) is 26.8 Å². The molecular formula is C31H47O10P7. The number of hydrogen-bond acceptors (Lipinski definition) is 10. The van der Waals surface area contributed by atoms with Crippen LogP contribution in [0.4, 0.5) is 0 Å². The molecule has 0 amide bonds. The molecule has 1 saturated heterocycles. The van der Waals surface area contributed by atoms with E-state index in [2.05, 4.69) is 35.7 Å². The maximum absolute atomic E-state index is 14.1. The van der Waals surface area contributed by atoms with Crippen molar-refractivity contribution in [3.63, 3.8) is 0 Å². The SMILES string of the molecule is CC(=O)O[C@@H]1C2=C(C)[C@@H](O)CC([C@@H](OC(=O)c3ccccc3)C3[C@@](C)([C@@H](OP(P(P)P)P(P)P)C[C@H]4OC[C@@]34OC(C)=O)[C@@H]1O)C2(C)C. The fourth-order valence-electron chi connectivity index (χ4n) is 8.70. The Bertz CT molecular complexity index is 1440. The molecule has 266 valence electrons. The molecule has 48 heavy (non-hydrogen) atoms. The standard InChI is InChI=1S/C31H47O10P7/c1-15-20(34)12-19-24(39-28(36)18-10-8-7-9-11-18)26-30(6,27(35)25(38-16(2)32)23(15)29(19,4)5)21(41-46(47(42)43)48(44)45)13-22-31(26,14-37-22)40-17(3)33/h7-11,19-22,24-27,34-35H,12-14,42-45H2,1-6H3/t19?,20-,21-,22+,24+,25+,26?,27+,30+,31-/m0/s1. The van der Waals surface area contributed by atoms with Gasteiger partial charge in [-0.15, -0.1) is 35.7 Å². The highest BCUT2D eigenvalue weighted by molar-refractivity contribution is 8.96. The summed E-state index contributed by atoms with van der Waals surface area (Å²) in [5.41, 5.74) is -1.95. The number of carbonyl (C=O) groups is 3. The van der Waals surface area contributed by atoms with Gasteiger partial charge in [-0.1, -0.05) is 39.0 Å². The van der Waals surface area contributed by atoms with Crippen LogP contribution in [0.3, 0.4) is 0 Å². The summed E-state index contributed by atoms with van der Waals surface area (Å²) in [4.78, 5) is 39.8. The Hall–Kier alpha value is 0.220. The second-order valence-electron chi connectivity index (χ2n) is 13.9. The van der Waals surface area contributed by atoms with Crippen LogP contribution >= 0.6 is 57.2 Å². The van der Waals surface area contributed by atoms with Crippen LogP contribution in [-0.4, -0.2) is 77.0 Å². The molecule has 6 unspecified atom stereocenters. The van der Waals surface area contributed by atoms with Crippen molar-refractivity contribution in [3.8, 4) is 0 Å². The third kappa shape index (κ3) is 6.88. The van der Waals surface area contributed by atoms with Crippen molar-refractivity contribution in [2.24, 2.45) is 22.7 Å². The highest BCUT2D eigenvalue weighted by atomic mass is 33.0. The van der Waals surface area contributed by atoms with Gasteiger partial charge in [0.1, 0.15) is 18.3 Å². The van der Waals surface area contributed by atoms with Gasteiger partial charge >= 0.3 is 17.9 Å². The van der Waals surface area contributed by atoms with Gasteiger partial charge in [-0.2, -0.15) is 0 Å². The number of fused-ring (bicyclic) bond motifs is 5. The molecule has 14 atom stereocenters. The van der Waals surface area contributed by atoms with Crippen molar-refractivity contribution in [1.82, 2.24) is 0 Å². The Morgan fingerprint density at radius 1 is 0.938 bits per heavy atom. The number of ether oxygens (including phenoxy) is 4. The number of benzene rings is 1. The van der Waals surface area contributed by atoms with Gasteiger partial charge < -0.3 is 33.7 Å². The molecule has 2 saturated carbocycles. The van der Waals surface area contributed by atoms with Crippen molar-refractivity contribution in [2.75, 3.05) is 6.61 Å². The Labute approximate surface area is 295 Å². The topological polar surface area (TPSA) is 138 Å². The fraction of sp³-hybridized carbons (Fsp3) is 0.645. The molecule has 1 aromatic rings. The number of aliphatic hydroxyl groups excluding tert-OH is 2. The molecule has 1 heterocycles. The number of esters is 3. The zero-order valence-corrected chi connectivity index (χ0v) is 35.2. The van der Waals surface area contributed by atoms with Crippen molar-refractivity contribution < 1.29 is 48.1 Å². The summed E-state index contributed by atoms with van der Waals surface area (Å²) >= 11 is 0. The predicted molar refractivity (Wildman–Crippen MR) is 203 cm³/mol. The summed E-state index contributed by atoms with van der Waals surface area (Å²) in [6.45, 7) is 8.82. The van der Waals surface area contributed by atoms with Gasteiger partial charge in [-0.3, -0.25) is 9.59 Å². The molecule has 4 aliphatic rings. The quantitative estimate of drug-likeness (QED) is 0.127. The van der Waals surface area contributed by atoms with Crippen LogP contribution in [0.5, 0.6) is 0 Å². The predicted octanol–water partition coefficient (Wildman–Crippen LogP) is 6.70. The number of carbonyl (C=O) groups excluding carboxylic acids is 3. The van der Waals surface area contributed by atoms with Crippen molar-refractivity contribution in [3.05, 3.63) is 47.0 Å². The minimum atomic E-state index is -1.42. The average molecular weight is 797 g/mol. The third-order valence-corrected chi connectivity index (χ3v) is 33.3. The molecule has 3 fully saturated rings. The lowest BCUT2D eigenvalue weighted by molar-refractivity contribution is -0.351. The van der Waals surface area contributed by atoms with E-state index in [0.717, 1.165) is 0 Å². The molecule has 10 nitrogen and oxygen atoms in total. The first-order valence-electron chi connectivity index (χ1n) is 15.7. The van der Waals surface area contributed by atoms with E-state index in [9.17, 15) is 24.6 Å². The summed E-state index contributed by atoms with van der Waals surface area (Å²) in [6, 6.07) is 8.65. The third-order valence-electron chi connectivity index (χ3n) is 10.8. The summed E-state index contributed by atoms with van der Waals surface area (Å²) in [7, 11) is 10.4. The van der Waals surface area contributed by atoms with E-state index in [-0.39, 0.29) is 19.4 Å². The second kappa shape index (κ2) is 14.9. The van der Waals surface area contributed by atoms with Gasteiger partial charge in [-0.05, 0) is 56.0 Å². The number of rotatable bonds is 8. The Morgan fingerprint density at radius 2 is 1.56 bits per heavy atom. The minimum absolute atomic E-state index is 0.0146. The first kappa shape index (κ1) is 39.4. The van der Waals surface area contributed by atoms with Crippen LogP contribution in [0.1, 0.15) is 64.7 Å². The maximum atomic E-state index is 14.1. The highest BCUT2D eigenvalue weighted by Gasteiger charge is 2.76. The molecule has 0 aromatic heterocycles. The lowest BCUT2D eigenvalue weighted by Crippen LogP contribution is -2.80. The monoisotopic (exact) mass is 796 g/mol. The Kier molecular flexibility index (Phi) is 12.3. The first-order valence-corrected chi connectivity index (χ1v) is 27.6. The molecular weight excluding hydrogens is 749 g/mol. The molecule has 3 aliphatic carbocycles. The second-order valence-corrected chi connectivity index (χ2v) is 37.5. The lowest BCUT2D eigenvalue weighted by Gasteiger charge is -2.68. The van der Waals surface area contributed by atoms with Crippen LogP contribution in [0.15, 0.2) is 41.5 Å². The number of aliphatic hydroxyl groups is 2. The van der Waals surface area contributed by atoms with Crippen molar-refractivity contribution in [1.29, 1.82) is 0 Å². The highest BCUT2D eigenvalue weighted by Crippen LogP contribution is 2.98. The van der Waals surface area contributed by atoms with E-state index in [1.165, 1.54) is 13.8 Å². The lowest BCUT2D eigenvalue weighted by atomic mass is 9.45. The normalized spacial score (nSPS) is 37.1. The minimum Gasteiger partial charge on any atom is -0.458 e. The van der Waals surface area contributed by atoms with E-state index >= 15 is 0 Å². The summed E-state index contributed by atoms with van der Waals surface area (Å²) in [6.07, 6.45) is -5.35. The van der Waals surface area contributed by atoms with Crippen molar-refractivity contribution >= 4 is 75.1 Å². The van der Waals surface area contributed by atoms with Gasteiger partial charge in [-0.25, -0.2) is 4.79 Å². The average Bonchev–Trinajstić information content (AvgIpc) is 2.99. The van der Waals surface area contributed by atoms with Crippen molar-refractivity contribution in [2.45, 2.75) is 96.6 Å². The fourth-order valence-corrected chi connectivity index (χ4v) is 41.6. The van der Waals surface area contributed by atoms with Crippen LogP contribution in [0.25, 0.3) is 0 Å². The van der Waals surface area contributed by atoms with Gasteiger partial charge in [0.2, 0.25) is 0 Å². The molecule has 0 spiro atoms. The Balaban J connectivity index is 1.82. The smallest absolute Gasteiger partial charge is 0.338 e. The molecule has 2 N–H and O–H groups in total. The van der Waals surface area contributed by atoms with Gasteiger partial charge in [0.25, 0.3) is 0 Å². The molecule has 1 aromatic carbocycles. The summed E-state index contributed by atoms with van der Waals surface area (Å²) < 4.78 is 32.2. The van der Waals surface area contributed by atoms with E-state index < -0.39 is 104 Å². The first-order chi connectivity index (χ1) is 22.4. The molecule has 2 bridgehead atoms. The molecule has 0 radical (unpaired) electrons.